The largest absolute Gasteiger partial charge is 0.383 e. The minimum atomic E-state index is 0.746. The minimum absolute atomic E-state index is 0.746. The van der Waals surface area contributed by atoms with E-state index in [-0.39, 0.29) is 0 Å². The van der Waals surface area contributed by atoms with Gasteiger partial charge in [0.15, 0.2) is 0 Å². The quantitative estimate of drug-likeness (QED) is 0.720. The fraction of sp³-hybridized carbons (Fsp3) is 0.412. The molecule has 2 aromatic rings. The van der Waals surface area contributed by atoms with Crippen LogP contribution in [0.3, 0.4) is 0 Å². The minimum Gasteiger partial charge on any atom is -0.383 e. The molecule has 0 saturated carbocycles. The van der Waals surface area contributed by atoms with Gasteiger partial charge in [-0.2, -0.15) is 0 Å². The Morgan fingerprint density at radius 3 is 2.81 bits per heavy atom. The summed E-state index contributed by atoms with van der Waals surface area (Å²) in [5, 5.41) is 5.56. The monoisotopic (exact) mass is 304 g/mol. The first-order valence-corrected chi connectivity index (χ1v) is 8.20. The third-order valence-electron chi connectivity index (χ3n) is 3.47. The van der Waals surface area contributed by atoms with Crippen LogP contribution in [0.1, 0.15) is 10.4 Å². The average Bonchev–Trinajstić information content (AvgIpc) is 3.03. The summed E-state index contributed by atoms with van der Waals surface area (Å²) in [5.74, 6) is 0. The number of hydrogen-bond donors (Lipinski definition) is 1. The van der Waals surface area contributed by atoms with Gasteiger partial charge in [-0.15, -0.1) is 11.3 Å². The van der Waals surface area contributed by atoms with Crippen molar-refractivity contribution in [2.45, 2.75) is 13.0 Å². The molecular weight excluding hydrogens is 280 g/mol. The molecule has 21 heavy (non-hydrogen) atoms. The maximum atomic E-state index is 5.07. The Morgan fingerprint density at radius 2 is 2.05 bits per heavy atom. The van der Waals surface area contributed by atoms with E-state index in [1.54, 1.807) is 7.11 Å². The molecule has 114 valence electrons. The van der Waals surface area contributed by atoms with Crippen LogP contribution in [0.15, 0.2) is 41.8 Å². The summed E-state index contributed by atoms with van der Waals surface area (Å²) in [7, 11) is 3.90. The summed E-state index contributed by atoms with van der Waals surface area (Å²) < 4.78 is 5.07. The summed E-state index contributed by atoms with van der Waals surface area (Å²) in [6, 6.07) is 12.9. The van der Waals surface area contributed by atoms with Gasteiger partial charge in [-0.05, 0) is 29.5 Å². The topological polar surface area (TPSA) is 24.5 Å². The van der Waals surface area contributed by atoms with Crippen LogP contribution in [0.2, 0.25) is 0 Å². The maximum absolute atomic E-state index is 5.07. The smallest absolute Gasteiger partial charge is 0.0587 e. The van der Waals surface area contributed by atoms with Crippen molar-refractivity contribution < 1.29 is 4.74 Å². The Labute approximate surface area is 131 Å². The highest BCUT2D eigenvalue weighted by molar-refractivity contribution is 7.09. The third kappa shape index (κ3) is 5.16. The molecule has 0 bridgehead atoms. The molecular formula is C17H24N2OS. The number of nitrogens with zero attached hydrogens (tertiary/aromatic N) is 1. The van der Waals surface area contributed by atoms with Crippen molar-refractivity contribution in [2.75, 3.05) is 38.8 Å². The number of nitrogens with one attached hydrogen (secondary N) is 1. The van der Waals surface area contributed by atoms with Gasteiger partial charge in [0.2, 0.25) is 0 Å². The van der Waals surface area contributed by atoms with Gasteiger partial charge in [-0.25, -0.2) is 0 Å². The van der Waals surface area contributed by atoms with Gasteiger partial charge in [0.1, 0.15) is 0 Å². The molecule has 0 aliphatic rings. The predicted octanol–water partition coefficient (Wildman–Crippen LogP) is 3.16. The van der Waals surface area contributed by atoms with Crippen molar-refractivity contribution in [2.24, 2.45) is 0 Å². The number of methoxy groups -OCH3 is 1. The zero-order valence-corrected chi connectivity index (χ0v) is 13.7. The van der Waals surface area contributed by atoms with Crippen molar-refractivity contribution in [3.63, 3.8) is 0 Å². The zero-order valence-electron chi connectivity index (χ0n) is 12.8. The van der Waals surface area contributed by atoms with Crippen LogP contribution in [0, 0.1) is 0 Å². The highest BCUT2D eigenvalue weighted by Gasteiger charge is 2.07. The molecule has 2 rings (SSSR count). The summed E-state index contributed by atoms with van der Waals surface area (Å²) >= 11 is 1.83. The highest BCUT2D eigenvalue weighted by atomic mass is 32.1. The van der Waals surface area contributed by atoms with Crippen LogP contribution in [0.25, 0.3) is 0 Å². The normalized spacial score (nSPS) is 10.8. The molecule has 1 heterocycles. The zero-order chi connectivity index (χ0) is 14.9. The van der Waals surface area contributed by atoms with Crippen molar-refractivity contribution in [3.8, 4) is 0 Å². The van der Waals surface area contributed by atoms with Gasteiger partial charge < -0.3 is 15.0 Å². The third-order valence-corrected chi connectivity index (χ3v) is 4.41. The molecule has 3 nitrogen and oxygen atoms in total. The van der Waals surface area contributed by atoms with E-state index < -0.39 is 0 Å². The van der Waals surface area contributed by atoms with Gasteiger partial charge in [0, 0.05) is 44.4 Å². The summed E-state index contributed by atoms with van der Waals surface area (Å²) in [6.45, 7) is 3.54. The highest BCUT2D eigenvalue weighted by Crippen LogP contribution is 2.20. The second kappa shape index (κ2) is 8.82. The van der Waals surface area contributed by atoms with Crippen LogP contribution >= 0.6 is 11.3 Å². The Hall–Kier alpha value is -1.36. The predicted molar refractivity (Wildman–Crippen MR) is 91.3 cm³/mol. The maximum Gasteiger partial charge on any atom is 0.0587 e. The Kier molecular flexibility index (Phi) is 6.73. The van der Waals surface area contributed by atoms with Crippen molar-refractivity contribution >= 4 is 17.0 Å². The fourth-order valence-electron chi connectivity index (χ4n) is 2.28. The summed E-state index contributed by atoms with van der Waals surface area (Å²) in [5.41, 5.74) is 2.64. The van der Waals surface area contributed by atoms with E-state index >= 15 is 0 Å². The summed E-state index contributed by atoms with van der Waals surface area (Å²) in [4.78, 5) is 3.78. The molecule has 0 radical (unpaired) electrons. The molecule has 0 aliphatic heterocycles. The molecule has 0 spiro atoms. The first-order valence-electron chi connectivity index (χ1n) is 7.32. The Bertz CT molecular complexity index is 513. The number of likely N-dealkylation sites (N-methyl/N-ethyl adjacent to an activating group) is 1. The van der Waals surface area contributed by atoms with Crippen molar-refractivity contribution in [1.29, 1.82) is 0 Å². The Morgan fingerprint density at radius 1 is 1.19 bits per heavy atom. The van der Waals surface area contributed by atoms with Gasteiger partial charge in [-0.3, -0.25) is 0 Å². The van der Waals surface area contributed by atoms with Gasteiger partial charge in [-0.1, -0.05) is 24.3 Å². The molecule has 0 aliphatic carbocycles. The second-order valence-electron chi connectivity index (χ2n) is 5.05. The molecule has 4 heteroatoms. The molecule has 1 aromatic carbocycles. The van der Waals surface area contributed by atoms with E-state index in [2.05, 4.69) is 59.0 Å². The fourth-order valence-corrected chi connectivity index (χ4v) is 2.98. The number of hydrogen-bond acceptors (Lipinski definition) is 4. The number of para-hydroxylation sites is 1. The molecule has 0 amide bonds. The number of anilines is 1. The Balaban J connectivity index is 1.91. The molecule has 0 atom stereocenters. The van der Waals surface area contributed by atoms with E-state index in [1.165, 1.54) is 16.1 Å². The SMILES string of the molecule is COCCNCc1ccccc1N(C)CCc1cccs1. The molecule has 0 unspecified atom stereocenters. The van der Waals surface area contributed by atoms with Crippen LogP contribution in [0.5, 0.6) is 0 Å². The standard InChI is InChI=1S/C17H24N2OS/c1-19(11-9-16-7-5-13-21-16)17-8-4-3-6-15(17)14-18-10-12-20-2/h3-8,13,18H,9-12,14H2,1-2H3. The van der Waals surface area contributed by atoms with Crippen molar-refractivity contribution in [3.05, 3.63) is 52.2 Å². The van der Waals surface area contributed by atoms with E-state index in [9.17, 15) is 0 Å². The first-order chi connectivity index (χ1) is 10.3. The van der Waals surface area contributed by atoms with Gasteiger partial charge >= 0.3 is 0 Å². The molecule has 0 fully saturated rings. The van der Waals surface area contributed by atoms with Crippen LogP contribution in [0.4, 0.5) is 5.69 Å². The van der Waals surface area contributed by atoms with Crippen LogP contribution in [-0.4, -0.2) is 33.9 Å². The number of rotatable bonds is 9. The molecule has 1 N–H and O–H groups in total. The number of ether oxygens (including phenoxy) is 1. The van der Waals surface area contributed by atoms with E-state index in [0.29, 0.717) is 0 Å². The second-order valence-corrected chi connectivity index (χ2v) is 6.08. The van der Waals surface area contributed by atoms with E-state index in [0.717, 1.165) is 32.7 Å². The van der Waals surface area contributed by atoms with Crippen molar-refractivity contribution in [1.82, 2.24) is 5.32 Å². The van der Waals surface area contributed by atoms with Crippen LogP contribution in [-0.2, 0) is 17.7 Å². The number of thiophene rings is 1. The first kappa shape index (κ1) is 16.0. The summed E-state index contributed by atoms with van der Waals surface area (Å²) in [6.07, 6.45) is 1.10. The lowest BCUT2D eigenvalue weighted by Crippen LogP contribution is -2.24. The lowest BCUT2D eigenvalue weighted by atomic mass is 10.1. The van der Waals surface area contributed by atoms with Gasteiger partial charge in [0.05, 0.1) is 6.61 Å². The number of benzene rings is 1. The molecule has 1 aromatic heterocycles. The lowest BCUT2D eigenvalue weighted by Gasteiger charge is -2.22. The molecule has 0 saturated heterocycles. The van der Waals surface area contributed by atoms with E-state index in [1.807, 2.05) is 11.3 Å². The lowest BCUT2D eigenvalue weighted by molar-refractivity contribution is 0.199. The van der Waals surface area contributed by atoms with Gasteiger partial charge in [0.25, 0.3) is 0 Å². The van der Waals surface area contributed by atoms with Crippen LogP contribution < -0.4 is 10.2 Å². The van der Waals surface area contributed by atoms with E-state index in [4.69, 9.17) is 4.74 Å². The average molecular weight is 304 g/mol.